The lowest BCUT2D eigenvalue weighted by molar-refractivity contribution is -0.192. The van der Waals surface area contributed by atoms with E-state index in [-0.39, 0.29) is 5.91 Å². The Kier molecular flexibility index (Phi) is 7.12. The third kappa shape index (κ3) is 5.61. The van der Waals surface area contributed by atoms with Crippen LogP contribution >= 0.6 is 0 Å². The fraction of sp³-hybridized carbons (Fsp3) is 0.550. The van der Waals surface area contributed by atoms with E-state index in [2.05, 4.69) is 27.0 Å². The van der Waals surface area contributed by atoms with Crippen molar-refractivity contribution in [2.45, 2.75) is 44.6 Å². The minimum absolute atomic E-state index is 0.0597. The summed E-state index contributed by atoms with van der Waals surface area (Å²) >= 11 is 0. The molecule has 2 saturated heterocycles. The monoisotopic (exact) mass is 454 g/mol. The number of fused-ring (bicyclic) bond motifs is 1. The van der Waals surface area contributed by atoms with Gasteiger partial charge in [-0.25, -0.2) is 14.8 Å². The Labute approximate surface area is 182 Å². The lowest BCUT2D eigenvalue weighted by Crippen LogP contribution is -2.48. The summed E-state index contributed by atoms with van der Waals surface area (Å²) in [5.41, 5.74) is 1.44. The quantitative estimate of drug-likeness (QED) is 0.755. The van der Waals surface area contributed by atoms with Crippen molar-refractivity contribution in [1.82, 2.24) is 29.5 Å². The van der Waals surface area contributed by atoms with E-state index >= 15 is 0 Å². The molecule has 0 spiro atoms. The largest absolute Gasteiger partial charge is 0.490 e. The average Bonchev–Trinajstić information content (AvgIpc) is 3.35. The second-order valence-corrected chi connectivity index (χ2v) is 8.01. The fourth-order valence-corrected chi connectivity index (χ4v) is 4.33. The lowest BCUT2D eigenvalue weighted by atomic mass is 9.92. The zero-order chi connectivity index (χ0) is 23.5. The molecule has 0 bridgehead atoms. The molecular weight excluding hydrogens is 429 g/mol. The van der Waals surface area contributed by atoms with Crippen LogP contribution in [0.2, 0.25) is 0 Å². The highest BCUT2D eigenvalue weighted by Crippen LogP contribution is 2.35. The summed E-state index contributed by atoms with van der Waals surface area (Å²) in [5.74, 6) is -2.18. The van der Waals surface area contributed by atoms with E-state index in [1.807, 2.05) is 34.7 Å². The van der Waals surface area contributed by atoms with Gasteiger partial charge >= 0.3 is 12.1 Å². The first-order chi connectivity index (χ1) is 15.1. The third-order valence-electron chi connectivity index (χ3n) is 5.87. The summed E-state index contributed by atoms with van der Waals surface area (Å²) in [6.07, 6.45) is 0.380. The van der Waals surface area contributed by atoms with Gasteiger partial charge in [-0.3, -0.25) is 14.4 Å². The topological polar surface area (TPSA) is 104 Å². The predicted octanol–water partition coefficient (Wildman–Crippen LogP) is 1.85. The Bertz CT molecular complexity index is 937. The standard InChI is InChI=1S/C18H24N6O.C2HF3O2/c1-13-4-3-5-16(21-13)18(25)23-7-6-17-14(9-23)8-15(22(17)2)10-24-12-19-11-20-24;3-2(4,5)1(6)7/h3-5,11-12,14-15,17H,6-10H2,1-2H3;(H,6,7)/t14-,15+,17+;/m1./s1. The Balaban J connectivity index is 0.000000360. The third-order valence-corrected chi connectivity index (χ3v) is 5.87. The number of alkyl halides is 3. The smallest absolute Gasteiger partial charge is 0.475 e. The van der Waals surface area contributed by atoms with Gasteiger partial charge < -0.3 is 10.0 Å². The zero-order valence-electron chi connectivity index (χ0n) is 17.7. The molecule has 1 amide bonds. The number of nitrogens with zero attached hydrogens (tertiary/aromatic N) is 6. The normalized spacial score (nSPS) is 23.3. The Morgan fingerprint density at radius 1 is 1.28 bits per heavy atom. The number of rotatable bonds is 3. The number of likely N-dealkylation sites (N-methyl/N-ethyl adjacent to an activating group) is 1. The van der Waals surface area contributed by atoms with Crippen LogP contribution in [-0.2, 0) is 11.3 Å². The molecule has 0 radical (unpaired) electrons. The van der Waals surface area contributed by atoms with Crippen molar-refractivity contribution in [2.24, 2.45) is 5.92 Å². The fourth-order valence-electron chi connectivity index (χ4n) is 4.33. The van der Waals surface area contributed by atoms with Gasteiger partial charge in [-0.05, 0) is 44.9 Å². The molecule has 4 rings (SSSR count). The number of piperidine rings is 1. The van der Waals surface area contributed by atoms with Gasteiger partial charge in [0.05, 0.1) is 6.54 Å². The van der Waals surface area contributed by atoms with Gasteiger partial charge in [-0.15, -0.1) is 0 Å². The molecule has 12 heteroatoms. The molecule has 2 aliphatic rings. The predicted molar refractivity (Wildman–Crippen MR) is 107 cm³/mol. The first-order valence-corrected chi connectivity index (χ1v) is 10.1. The summed E-state index contributed by atoms with van der Waals surface area (Å²) in [4.78, 5) is 34.6. The molecule has 2 aromatic rings. The summed E-state index contributed by atoms with van der Waals surface area (Å²) < 4.78 is 33.6. The number of carbonyl (C=O) groups excluding carboxylic acids is 1. The molecule has 2 aliphatic heterocycles. The molecule has 32 heavy (non-hydrogen) atoms. The number of halogens is 3. The van der Waals surface area contributed by atoms with Crippen molar-refractivity contribution in [1.29, 1.82) is 0 Å². The number of hydrogen-bond acceptors (Lipinski definition) is 6. The summed E-state index contributed by atoms with van der Waals surface area (Å²) in [6, 6.07) is 6.63. The molecule has 0 unspecified atom stereocenters. The van der Waals surface area contributed by atoms with E-state index in [9.17, 15) is 18.0 Å². The minimum Gasteiger partial charge on any atom is -0.475 e. The Morgan fingerprint density at radius 3 is 2.59 bits per heavy atom. The Hall–Kier alpha value is -3.02. The second-order valence-electron chi connectivity index (χ2n) is 8.01. The van der Waals surface area contributed by atoms with Crippen LogP contribution in [-0.4, -0.2) is 84.9 Å². The highest BCUT2D eigenvalue weighted by Gasteiger charge is 2.43. The van der Waals surface area contributed by atoms with Crippen molar-refractivity contribution in [3.05, 3.63) is 42.2 Å². The Morgan fingerprint density at radius 2 is 2.00 bits per heavy atom. The number of aromatic nitrogens is 4. The molecular formula is C20H25F3N6O3. The van der Waals surface area contributed by atoms with E-state index in [0.29, 0.717) is 23.7 Å². The van der Waals surface area contributed by atoms with Gasteiger partial charge in [0.2, 0.25) is 0 Å². The number of amides is 1. The van der Waals surface area contributed by atoms with Crippen LogP contribution in [0.15, 0.2) is 30.9 Å². The van der Waals surface area contributed by atoms with Gasteiger partial charge in [0.25, 0.3) is 5.91 Å². The second kappa shape index (κ2) is 9.63. The van der Waals surface area contributed by atoms with Crippen LogP contribution in [0.5, 0.6) is 0 Å². The maximum absolute atomic E-state index is 12.8. The van der Waals surface area contributed by atoms with E-state index in [0.717, 1.165) is 38.2 Å². The first kappa shape index (κ1) is 23.6. The summed E-state index contributed by atoms with van der Waals surface area (Å²) in [7, 11) is 2.20. The number of aryl methyl sites for hydroxylation is 1. The first-order valence-electron chi connectivity index (χ1n) is 10.1. The minimum atomic E-state index is -5.08. The summed E-state index contributed by atoms with van der Waals surface area (Å²) in [5, 5.41) is 11.4. The number of pyridine rings is 1. The number of likely N-dealkylation sites (tertiary alicyclic amines) is 2. The number of aliphatic carboxylic acids is 1. The van der Waals surface area contributed by atoms with Gasteiger partial charge in [-0.1, -0.05) is 6.07 Å². The van der Waals surface area contributed by atoms with E-state index in [1.165, 1.54) is 0 Å². The highest BCUT2D eigenvalue weighted by atomic mass is 19.4. The van der Waals surface area contributed by atoms with Crippen molar-refractivity contribution in [3.63, 3.8) is 0 Å². The molecule has 174 valence electrons. The number of carbonyl (C=O) groups is 2. The maximum Gasteiger partial charge on any atom is 0.490 e. The SMILES string of the molecule is Cc1cccc(C(=O)N2CC[C@H]3[C@H](C[C@@H](Cn4cncn4)N3C)C2)n1.O=C(O)C(F)(F)F. The van der Waals surface area contributed by atoms with Gasteiger partial charge in [0, 0.05) is 30.9 Å². The average molecular weight is 454 g/mol. The van der Waals surface area contributed by atoms with Crippen LogP contribution in [0.4, 0.5) is 13.2 Å². The van der Waals surface area contributed by atoms with Crippen molar-refractivity contribution < 1.29 is 27.9 Å². The van der Waals surface area contributed by atoms with E-state index < -0.39 is 12.1 Å². The van der Waals surface area contributed by atoms with Crippen molar-refractivity contribution in [3.8, 4) is 0 Å². The highest BCUT2D eigenvalue weighted by molar-refractivity contribution is 5.92. The van der Waals surface area contributed by atoms with Crippen LogP contribution in [0.3, 0.4) is 0 Å². The molecule has 2 aromatic heterocycles. The van der Waals surface area contributed by atoms with Gasteiger partial charge in [0.15, 0.2) is 0 Å². The molecule has 2 fully saturated rings. The number of carboxylic acid groups (broad SMARTS) is 1. The molecule has 0 aromatic carbocycles. The molecule has 3 atom stereocenters. The van der Waals surface area contributed by atoms with Crippen LogP contribution in [0.1, 0.15) is 29.0 Å². The molecule has 9 nitrogen and oxygen atoms in total. The van der Waals surface area contributed by atoms with Gasteiger partial charge in [-0.2, -0.15) is 18.3 Å². The van der Waals surface area contributed by atoms with Crippen LogP contribution < -0.4 is 0 Å². The molecule has 0 aliphatic carbocycles. The van der Waals surface area contributed by atoms with E-state index in [4.69, 9.17) is 9.90 Å². The number of carboxylic acids is 1. The molecule has 0 saturated carbocycles. The maximum atomic E-state index is 12.8. The zero-order valence-corrected chi connectivity index (χ0v) is 17.7. The molecule has 4 heterocycles. The van der Waals surface area contributed by atoms with Crippen LogP contribution in [0, 0.1) is 12.8 Å². The van der Waals surface area contributed by atoms with Crippen molar-refractivity contribution >= 4 is 11.9 Å². The van der Waals surface area contributed by atoms with Crippen molar-refractivity contribution in [2.75, 3.05) is 20.1 Å². The molecule has 1 N–H and O–H groups in total. The lowest BCUT2D eigenvalue weighted by Gasteiger charge is -2.37. The van der Waals surface area contributed by atoms with Gasteiger partial charge in [0.1, 0.15) is 18.3 Å². The van der Waals surface area contributed by atoms with Crippen LogP contribution in [0.25, 0.3) is 0 Å². The number of hydrogen-bond donors (Lipinski definition) is 1. The summed E-state index contributed by atoms with van der Waals surface area (Å²) in [6.45, 7) is 4.40. The van der Waals surface area contributed by atoms with E-state index in [1.54, 1.807) is 12.7 Å².